The largest absolute Gasteiger partial charge is 0.380 e. The zero-order valence-electron chi connectivity index (χ0n) is 7.63. The molecule has 1 aromatic rings. The van der Waals surface area contributed by atoms with Crippen LogP contribution in [0.2, 0.25) is 0 Å². The lowest BCUT2D eigenvalue weighted by atomic mass is 10.0. The summed E-state index contributed by atoms with van der Waals surface area (Å²) in [5.74, 6) is 0. The molecule has 13 heavy (non-hydrogen) atoms. The van der Waals surface area contributed by atoms with E-state index in [0.29, 0.717) is 12.2 Å². The summed E-state index contributed by atoms with van der Waals surface area (Å²) in [6.07, 6.45) is 0.855. The van der Waals surface area contributed by atoms with Crippen molar-refractivity contribution in [3.8, 4) is 0 Å². The second-order valence-corrected chi connectivity index (χ2v) is 3.65. The van der Waals surface area contributed by atoms with Crippen LogP contribution in [0, 0.1) is 6.92 Å². The molecular formula is C10H11BrO2. The molecule has 0 fully saturated rings. The van der Waals surface area contributed by atoms with Crippen molar-refractivity contribution < 1.29 is 9.53 Å². The molecule has 1 rings (SSSR count). The van der Waals surface area contributed by atoms with Crippen LogP contribution in [0.5, 0.6) is 0 Å². The van der Waals surface area contributed by atoms with Crippen LogP contribution in [0.3, 0.4) is 0 Å². The molecule has 3 heteroatoms. The summed E-state index contributed by atoms with van der Waals surface area (Å²) in [6, 6.07) is 3.66. The summed E-state index contributed by atoms with van der Waals surface area (Å²) < 4.78 is 6.03. The van der Waals surface area contributed by atoms with E-state index >= 15 is 0 Å². The van der Waals surface area contributed by atoms with Gasteiger partial charge in [-0.25, -0.2) is 0 Å². The molecule has 1 aromatic carbocycles. The molecule has 0 amide bonds. The van der Waals surface area contributed by atoms with E-state index in [2.05, 4.69) is 15.9 Å². The Morgan fingerprint density at radius 1 is 1.54 bits per heavy atom. The monoisotopic (exact) mass is 242 g/mol. The Labute approximate surface area is 86.0 Å². The van der Waals surface area contributed by atoms with Gasteiger partial charge in [-0.15, -0.1) is 0 Å². The minimum Gasteiger partial charge on any atom is -0.380 e. The lowest BCUT2D eigenvalue weighted by Crippen LogP contribution is -1.98. The van der Waals surface area contributed by atoms with Gasteiger partial charge in [-0.05, 0) is 24.1 Å². The van der Waals surface area contributed by atoms with E-state index in [1.54, 1.807) is 13.2 Å². The molecule has 2 nitrogen and oxygen atoms in total. The molecule has 0 saturated heterocycles. The molecule has 0 aliphatic carbocycles. The minimum atomic E-state index is 0.472. The summed E-state index contributed by atoms with van der Waals surface area (Å²) in [6.45, 7) is 2.44. The molecule has 70 valence electrons. The highest BCUT2D eigenvalue weighted by Gasteiger charge is 2.07. The molecule has 0 aromatic heterocycles. The Hall–Kier alpha value is -0.670. The third-order valence-electron chi connectivity index (χ3n) is 1.98. The zero-order valence-corrected chi connectivity index (χ0v) is 9.22. The molecular weight excluding hydrogens is 232 g/mol. The Balaban J connectivity index is 3.23. The Kier molecular flexibility index (Phi) is 3.63. The highest BCUT2D eigenvalue weighted by Crippen LogP contribution is 2.22. The molecule has 0 saturated carbocycles. The van der Waals surface area contributed by atoms with Crippen LogP contribution in [0.1, 0.15) is 21.5 Å². The molecule has 0 heterocycles. The first-order valence-corrected chi connectivity index (χ1v) is 4.72. The van der Waals surface area contributed by atoms with Gasteiger partial charge in [-0.1, -0.05) is 22.0 Å². The maximum Gasteiger partial charge on any atom is 0.150 e. The van der Waals surface area contributed by atoms with Gasteiger partial charge in [0.05, 0.1) is 6.61 Å². The van der Waals surface area contributed by atoms with Gasteiger partial charge in [0, 0.05) is 17.1 Å². The summed E-state index contributed by atoms with van der Waals surface area (Å²) in [5.41, 5.74) is 2.71. The zero-order chi connectivity index (χ0) is 9.84. The summed E-state index contributed by atoms with van der Waals surface area (Å²) in [7, 11) is 1.62. The van der Waals surface area contributed by atoms with Crippen LogP contribution >= 0.6 is 15.9 Å². The van der Waals surface area contributed by atoms with Crippen molar-refractivity contribution in [1.82, 2.24) is 0 Å². The van der Waals surface area contributed by atoms with Crippen LogP contribution < -0.4 is 0 Å². The van der Waals surface area contributed by atoms with Crippen molar-refractivity contribution in [2.24, 2.45) is 0 Å². The average Bonchev–Trinajstić information content (AvgIpc) is 2.14. The van der Waals surface area contributed by atoms with Crippen LogP contribution in [-0.2, 0) is 11.3 Å². The minimum absolute atomic E-state index is 0.472. The fourth-order valence-corrected chi connectivity index (χ4v) is 1.57. The van der Waals surface area contributed by atoms with Crippen LogP contribution in [0.4, 0.5) is 0 Å². The maximum atomic E-state index is 10.7. The second kappa shape index (κ2) is 4.53. The third kappa shape index (κ3) is 2.17. The fourth-order valence-electron chi connectivity index (χ4n) is 1.20. The first kappa shape index (κ1) is 10.4. The SMILES string of the molecule is COCc1c(C=O)ccc(Br)c1C. The summed E-state index contributed by atoms with van der Waals surface area (Å²) in [4.78, 5) is 10.7. The van der Waals surface area contributed by atoms with Gasteiger partial charge >= 0.3 is 0 Å². The molecule has 0 unspecified atom stereocenters. The first-order chi connectivity index (χ1) is 6.20. The van der Waals surface area contributed by atoms with Crippen molar-refractivity contribution in [1.29, 1.82) is 0 Å². The molecule has 0 bridgehead atoms. The number of hydrogen-bond acceptors (Lipinski definition) is 2. The number of carbonyl (C=O) groups excluding carboxylic acids is 1. The van der Waals surface area contributed by atoms with Gasteiger partial charge < -0.3 is 4.74 Å². The predicted octanol–water partition coefficient (Wildman–Crippen LogP) is 2.72. The van der Waals surface area contributed by atoms with E-state index in [0.717, 1.165) is 21.9 Å². The molecule has 0 aliphatic heterocycles. The highest BCUT2D eigenvalue weighted by atomic mass is 79.9. The van der Waals surface area contributed by atoms with E-state index in [1.165, 1.54) is 0 Å². The number of rotatable bonds is 3. The first-order valence-electron chi connectivity index (χ1n) is 3.92. The van der Waals surface area contributed by atoms with E-state index in [9.17, 15) is 4.79 Å². The van der Waals surface area contributed by atoms with Crippen molar-refractivity contribution >= 4 is 22.2 Å². The van der Waals surface area contributed by atoms with Gasteiger partial charge in [0.1, 0.15) is 6.29 Å². The Morgan fingerprint density at radius 3 is 2.77 bits per heavy atom. The topological polar surface area (TPSA) is 26.3 Å². The number of halogens is 1. The van der Waals surface area contributed by atoms with E-state index in [1.807, 2.05) is 13.0 Å². The third-order valence-corrected chi connectivity index (χ3v) is 2.84. The Bertz CT molecular complexity index is 321. The second-order valence-electron chi connectivity index (χ2n) is 2.79. The van der Waals surface area contributed by atoms with E-state index in [4.69, 9.17) is 4.74 Å². The van der Waals surface area contributed by atoms with Crippen molar-refractivity contribution in [2.75, 3.05) is 7.11 Å². The van der Waals surface area contributed by atoms with Crippen LogP contribution in [0.25, 0.3) is 0 Å². The number of carbonyl (C=O) groups is 1. The smallest absolute Gasteiger partial charge is 0.150 e. The standard InChI is InChI=1S/C10H11BrO2/c1-7-9(6-13-2)8(5-12)3-4-10(7)11/h3-5H,6H2,1-2H3. The Morgan fingerprint density at radius 2 is 2.23 bits per heavy atom. The number of methoxy groups -OCH3 is 1. The summed E-state index contributed by atoms with van der Waals surface area (Å²) in [5, 5.41) is 0. The average molecular weight is 243 g/mol. The molecule has 0 spiro atoms. The van der Waals surface area contributed by atoms with Crippen molar-refractivity contribution in [3.05, 3.63) is 33.3 Å². The lowest BCUT2D eigenvalue weighted by molar-refractivity contribution is 0.111. The van der Waals surface area contributed by atoms with Crippen LogP contribution in [0.15, 0.2) is 16.6 Å². The van der Waals surface area contributed by atoms with Crippen LogP contribution in [-0.4, -0.2) is 13.4 Å². The van der Waals surface area contributed by atoms with E-state index in [-0.39, 0.29) is 0 Å². The summed E-state index contributed by atoms with van der Waals surface area (Å²) >= 11 is 3.41. The maximum absolute atomic E-state index is 10.7. The molecule has 0 N–H and O–H groups in total. The predicted molar refractivity (Wildman–Crippen MR) is 55.0 cm³/mol. The molecule has 0 atom stereocenters. The lowest BCUT2D eigenvalue weighted by Gasteiger charge is -2.09. The van der Waals surface area contributed by atoms with Gasteiger partial charge in [-0.2, -0.15) is 0 Å². The number of ether oxygens (including phenoxy) is 1. The quantitative estimate of drug-likeness (QED) is 0.763. The fraction of sp³-hybridized carbons (Fsp3) is 0.300. The van der Waals surface area contributed by atoms with Crippen molar-refractivity contribution in [2.45, 2.75) is 13.5 Å². The number of aldehydes is 1. The van der Waals surface area contributed by atoms with Gasteiger partial charge in [0.15, 0.2) is 0 Å². The van der Waals surface area contributed by atoms with Gasteiger partial charge in [0.2, 0.25) is 0 Å². The highest BCUT2D eigenvalue weighted by molar-refractivity contribution is 9.10. The molecule has 0 aliphatic rings. The number of benzene rings is 1. The normalized spacial score (nSPS) is 10.1. The molecule has 0 radical (unpaired) electrons. The van der Waals surface area contributed by atoms with Gasteiger partial charge in [-0.3, -0.25) is 4.79 Å². The van der Waals surface area contributed by atoms with E-state index < -0.39 is 0 Å². The van der Waals surface area contributed by atoms with Gasteiger partial charge in [0.25, 0.3) is 0 Å². The number of hydrogen-bond donors (Lipinski definition) is 0. The van der Waals surface area contributed by atoms with Crippen molar-refractivity contribution in [3.63, 3.8) is 0 Å².